The van der Waals surface area contributed by atoms with Gasteiger partial charge in [-0.2, -0.15) is 0 Å². The van der Waals surface area contributed by atoms with Crippen molar-refractivity contribution >= 4 is 29.2 Å². The molecule has 0 aliphatic carbocycles. The van der Waals surface area contributed by atoms with Crippen LogP contribution >= 0.6 is 11.3 Å². The predicted octanol–water partition coefficient (Wildman–Crippen LogP) is 3.96. The van der Waals surface area contributed by atoms with Crippen molar-refractivity contribution in [1.82, 2.24) is 10.9 Å². The van der Waals surface area contributed by atoms with Gasteiger partial charge in [0.2, 0.25) is 0 Å². The topological polar surface area (TPSA) is 67.4 Å². The summed E-state index contributed by atoms with van der Waals surface area (Å²) in [5.41, 5.74) is 7.69. The second-order valence-corrected chi connectivity index (χ2v) is 6.94. The first-order chi connectivity index (χ1) is 13.6. The Kier molecular flexibility index (Phi) is 6.59. The van der Waals surface area contributed by atoms with Crippen LogP contribution < -0.4 is 15.6 Å². The summed E-state index contributed by atoms with van der Waals surface area (Å²) in [4.78, 5) is 24.8. The first-order valence-electron chi connectivity index (χ1n) is 8.72. The van der Waals surface area contributed by atoms with E-state index in [0.717, 1.165) is 21.6 Å². The molecule has 5 nitrogen and oxygen atoms in total. The van der Waals surface area contributed by atoms with E-state index >= 15 is 0 Å². The van der Waals surface area contributed by atoms with Crippen molar-refractivity contribution in [3.8, 4) is 16.9 Å². The Bertz CT molecular complexity index is 980. The summed E-state index contributed by atoms with van der Waals surface area (Å²) in [5.74, 6) is -0.258. The number of para-hydroxylation sites is 1. The molecule has 28 heavy (non-hydrogen) atoms. The van der Waals surface area contributed by atoms with Crippen molar-refractivity contribution in [2.45, 2.75) is 6.92 Å². The van der Waals surface area contributed by atoms with Crippen LogP contribution in [0.4, 0.5) is 0 Å². The Morgan fingerprint density at radius 2 is 1.75 bits per heavy atom. The lowest BCUT2D eigenvalue weighted by Crippen LogP contribution is -2.43. The van der Waals surface area contributed by atoms with E-state index < -0.39 is 11.8 Å². The molecule has 0 atom stereocenters. The lowest BCUT2D eigenvalue weighted by molar-refractivity contribution is -0.128. The van der Waals surface area contributed by atoms with Gasteiger partial charge < -0.3 is 4.74 Å². The summed E-state index contributed by atoms with van der Waals surface area (Å²) in [6, 6.07) is 19.3. The second-order valence-electron chi connectivity index (χ2n) is 5.99. The summed E-state index contributed by atoms with van der Waals surface area (Å²) >= 11 is 1.55. The van der Waals surface area contributed by atoms with Gasteiger partial charge in [0.05, 0.1) is 0 Å². The van der Waals surface area contributed by atoms with Crippen molar-refractivity contribution in [2.24, 2.45) is 0 Å². The maximum atomic E-state index is 12.0. The van der Waals surface area contributed by atoms with Crippen molar-refractivity contribution in [1.29, 1.82) is 0 Å². The predicted molar refractivity (Wildman–Crippen MR) is 112 cm³/mol. The highest BCUT2D eigenvalue weighted by atomic mass is 32.1. The molecule has 1 aromatic heterocycles. The summed E-state index contributed by atoms with van der Waals surface area (Å²) in [5, 5.41) is 1.96. The first-order valence-corrected chi connectivity index (χ1v) is 9.59. The molecule has 0 unspecified atom stereocenters. The third-order valence-corrected chi connectivity index (χ3v) is 4.93. The van der Waals surface area contributed by atoms with Gasteiger partial charge in [-0.25, -0.2) is 0 Å². The van der Waals surface area contributed by atoms with Crippen LogP contribution in [0.25, 0.3) is 17.2 Å². The molecule has 0 aliphatic heterocycles. The van der Waals surface area contributed by atoms with E-state index in [1.807, 2.05) is 66.9 Å². The molecule has 0 radical (unpaired) electrons. The Labute approximate surface area is 167 Å². The second kappa shape index (κ2) is 9.53. The lowest BCUT2D eigenvalue weighted by Gasteiger charge is -2.11. The van der Waals surface area contributed by atoms with Gasteiger partial charge in [-0.15, -0.1) is 11.3 Å². The molecular formula is C22H20N2O3S. The minimum atomic E-state index is -0.447. The molecule has 3 aromatic rings. The summed E-state index contributed by atoms with van der Waals surface area (Å²) in [6.07, 6.45) is 3.10. The van der Waals surface area contributed by atoms with Gasteiger partial charge in [0, 0.05) is 16.5 Å². The zero-order valence-electron chi connectivity index (χ0n) is 15.3. The molecule has 6 heteroatoms. The minimum Gasteiger partial charge on any atom is -0.483 e. The van der Waals surface area contributed by atoms with Crippen molar-refractivity contribution < 1.29 is 14.3 Å². The molecular weight excluding hydrogens is 372 g/mol. The maximum absolute atomic E-state index is 12.0. The zero-order chi connectivity index (χ0) is 19.8. The fraction of sp³-hybridized carbons (Fsp3) is 0.0909. The van der Waals surface area contributed by atoms with Crippen LogP contribution in [-0.4, -0.2) is 18.4 Å². The molecule has 2 aromatic carbocycles. The minimum absolute atomic E-state index is 0.210. The molecule has 2 N–H and O–H groups in total. The Morgan fingerprint density at radius 1 is 1.00 bits per heavy atom. The largest absolute Gasteiger partial charge is 0.483 e. The molecule has 1 heterocycles. The van der Waals surface area contributed by atoms with Gasteiger partial charge >= 0.3 is 0 Å². The lowest BCUT2D eigenvalue weighted by atomic mass is 10.1. The van der Waals surface area contributed by atoms with Crippen LogP contribution in [0, 0.1) is 6.92 Å². The fourth-order valence-electron chi connectivity index (χ4n) is 2.51. The molecule has 0 fully saturated rings. The molecule has 0 spiro atoms. The van der Waals surface area contributed by atoms with Crippen LogP contribution in [0.2, 0.25) is 0 Å². The third-order valence-electron chi connectivity index (χ3n) is 3.94. The molecule has 0 saturated heterocycles. The average Bonchev–Trinajstić information content (AvgIpc) is 3.14. The standard InChI is InChI=1S/C22H20N2O3S/c1-16-13-14-28-20(16)11-12-21(25)23-24-22(26)15-27-19-10-6-5-9-18(19)17-7-3-2-4-8-17/h2-14H,15H2,1H3,(H,23,25)(H,24,26)/b12-11+. The SMILES string of the molecule is Cc1ccsc1/C=C/C(=O)NNC(=O)COc1ccccc1-c1ccccc1. The van der Waals surface area contributed by atoms with Crippen LogP contribution in [0.15, 0.2) is 72.1 Å². The molecule has 0 aliphatic rings. The number of carbonyl (C=O) groups excluding carboxylic acids is 2. The van der Waals surface area contributed by atoms with Crippen LogP contribution in [-0.2, 0) is 9.59 Å². The van der Waals surface area contributed by atoms with Gasteiger partial charge in [0.1, 0.15) is 5.75 Å². The van der Waals surface area contributed by atoms with E-state index in [0.29, 0.717) is 5.75 Å². The quantitative estimate of drug-likeness (QED) is 0.493. The van der Waals surface area contributed by atoms with Gasteiger partial charge in [-0.05, 0) is 41.6 Å². The normalized spacial score (nSPS) is 10.6. The zero-order valence-corrected chi connectivity index (χ0v) is 16.2. The highest BCUT2D eigenvalue weighted by Gasteiger charge is 2.08. The van der Waals surface area contributed by atoms with Gasteiger partial charge in [-0.3, -0.25) is 20.4 Å². The van der Waals surface area contributed by atoms with Crippen LogP contribution in [0.1, 0.15) is 10.4 Å². The molecule has 0 saturated carbocycles. The summed E-state index contributed by atoms with van der Waals surface area (Å²) < 4.78 is 5.64. The monoisotopic (exact) mass is 392 g/mol. The first kappa shape index (κ1) is 19.4. The van der Waals surface area contributed by atoms with Crippen molar-refractivity contribution in [3.05, 3.63) is 82.6 Å². The molecule has 2 amide bonds. The van der Waals surface area contributed by atoms with E-state index in [1.54, 1.807) is 23.5 Å². The number of amides is 2. The number of carbonyl (C=O) groups is 2. The van der Waals surface area contributed by atoms with Crippen LogP contribution in [0.3, 0.4) is 0 Å². The Hall–Kier alpha value is -3.38. The van der Waals surface area contributed by atoms with Crippen molar-refractivity contribution in [2.75, 3.05) is 6.61 Å². The van der Waals surface area contributed by atoms with Crippen molar-refractivity contribution in [3.63, 3.8) is 0 Å². The number of hydrazine groups is 1. The van der Waals surface area contributed by atoms with E-state index in [2.05, 4.69) is 10.9 Å². The Balaban J connectivity index is 1.51. The number of aryl methyl sites for hydroxylation is 1. The fourth-order valence-corrected chi connectivity index (χ4v) is 3.33. The van der Waals surface area contributed by atoms with Gasteiger partial charge in [0.15, 0.2) is 6.61 Å². The molecule has 0 bridgehead atoms. The number of benzene rings is 2. The van der Waals surface area contributed by atoms with Gasteiger partial charge in [-0.1, -0.05) is 48.5 Å². The average molecular weight is 392 g/mol. The summed E-state index contributed by atoms with van der Waals surface area (Å²) in [6.45, 7) is 1.76. The Morgan fingerprint density at radius 3 is 2.50 bits per heavy atom. The highest BCUT2D eigenvalue weighted by Crippen LogP contribution is 2.29. The number of hydrogen-bond donors (Lipinski definition) is 2. The number of nitrogens with one attached hydrogen (secondary N) is 2. The maximum Gasteiger partial charge on any atom is 0.276 e. The number of ether oxygens (including phenoxy) is 1. The molecule has 142 valence electrons. The van der Waals surface area contributed by atoms with E-state index in [9.17, 15) is 9.59 Å². The van der Waals surface area contributed by atoms with E-state index in [-0.39, 0.29) is 6.61 Å². The summed E-state index contributed by atoms with van der Waals surface area (Å²) in [7, 11) is 0. The highest BCUT2D eigenvalue weighted by molar-refractivity contribution is 7.11. The number of thiophene rings is 1. The smallest absolute Gasteiger partial charge is 0.276 e. The van der Waals surface area contributed by atoms with Crippen LogP contribution in [0.5, 0.6) is 5.75 Å². The van der Waals surface area contributed by atoms with E-state index in [4.69, 9.17) is 4.74 Å². The third kappa shape index (κ3) is 5.31. The molecule has 3 rings (SSSR count). The van der Waals surface area contributed by atoms with E-state index in [1.165, 1.54) is 6.08 Å². The van der Waals surface area contributed by atoms with Gasteiger partial charge in [0.25, 0.3) is 11.8 Å². The number of rotatable bonds is 6. The number of hydrogen-bond acceptors (Lipinski definition) is 4.